The Morgan fingerprint density at radius 2 is 1.77 bits per heavy atom. The van der Waals surface area contributed by atoms with E-state index in [0.29, 0.717) is 28.8 Å². The summed E-state index contributed by atoms with van der Waals surface area (Å²) in [6.07, 6.45) is 7.96. The monoisotopic (exact) mass is 368 g/mol. The third-order valence-electron chi connectivity index (χ3n) is 4.20. The zero-order valence-electron chi connectivity index (χ0n) is 14.0. The molecule has 0 unspecified atom stereocenters. The highest BCUT2D eigenvalue weighted by atomic mass is 32.2. The quantitative estimate of drug-likeness (QED) is 0.533. The summed E-state index contributed by atoms with van der Waals surface area (Å²) in [6.45, 7) is 0. The molecule has 2 aromatic heterocycles. The predicted octanol–water partition coefficient (Wildman–Crippen LogP) is 3.46. The van der Waals surface area contributed by atoms with Gasteiger partial charge in [0.25, 0.3) is 5.56 Å². The Morgan fingerprint density at radius 3 is 2.42 bits per heavy atom. The molecule has 7 heteroatoms. The summed E-state index contributed by atoms with van der Waals surface area (Å²) in [6, 6.07) is 6.29. The molecule has 3 aromatic rings. The number of aromatic nitrogens is 4. The van der Waals surface area contributed by atoms with Crippen LogP contribution in [0.2, 0.25) is 0 Å². The lowest BCUT2D eigenvalue weighted by molar-refractivity contribution is 0.627. The molecule has 1 aliphatic carbocycles. The molecule has 0 radical (unpaired) electrons. The van der Waals surface area contributed by atoms with Crippen LogP contribution in [0, 0.1) is 5.82 Å². The number of thioether (sulfide) groups is 1. The molecule has 1 aromatic carbocycles. The molecule has 0 amide bonds. The van der Waals surface area contributed by atoms with E-state index in [-0.39, 0.29) is 11.4 Å². The van der Waals surface area contributed by atoms with E-state index >= 15 is 0 Å². The highest BCUT2D eigenvalue weighted by Crippen LogP contribution is 2.37. The van der Waals surface area contributed by atoms with Crippen LogP contribution in [0.1, 0.15) is 41.3 Å². The first-order chi connectivity index (χ1) is 12.7. The first kappa shape index (κ1) is 16.9. The summed E-state index contributed by atoms with van der Waals surface area (Å²) in [7, 11) is 0. The second kappa shape index (κ2) is 7.37. The van der Waals surface area contributed by atoms with Gasteiger partial charge in [0.15, 0.2) is 5.16 Å². The Kier molecular flexibility index (Phi) is 4.79. The lowest BCUT2D eigenvalue weighted by Gasteiger charge is -2.04. The fraction of sp³-hybridized carbons (Fsp3) is 0.263. The summed E-state index contributed by atoms with van der Waals surface area (Å²) < 4.78 is 12.9. The first-order valence-corrected chi connectivity index (χ1v) is 9.42. The van der Waals surface area contributed by atoms with Crippen molar-refractivity contribution in [2.75, 3.05) is 0 Å². The van der Waals surface area contributed by atoms with Crippen LogP contribution in [0.3, 0.4) is 0 Å². The van der Waals surface area contributed by atoms with Gasteiger partial charge in [0.1, 0.15) is 11.6 Å². The minimum absolute atomic E-state index is 0.159. The van der Waals surface area contributed by atoms with E-state index in [4.69, 9.17) is 0 Å². The Hall–Kier alpha value is -2.54. The van der Waals surface area contributed by atoms with Gasteiger partial charge in [0.05, 0.1) is 0 Å². The van der Waals surface area contributed by atoms with E-state index in [1.165, 1.54) is 36.7 Å². The van der Waals surface area contributed by atoms with E-state index in [0.717, 1.165) is 17.0 Å². The van der Waals surface area contributed by atoms with Crippen molar-refractivity contribution < 1.29 is 4.39 Å². The average Bonchev–Trinajstić information content (AvgIpc) is 3.49. The lowest BCUT2D eigenvalue weighted by Crippen LogP contribution is -2.15. The smallest absolute Gasteiger partial charge is 0.255 e. The Balaban J connectivity index is 1.40. The number of aromatic amines is 1. The van der Waals surface area contributed by atoms with Gasteiger partial charge >= 0.3 is 0 Å². The Morgan fingerprint density at radius 1 is 1.04 bits per heavy atom. The second-order valence-corrected chi connectivity index (χ2v) is 7.32. The third kappa shape index (κ3) is 4.16. The highest BCUT2D eigenvalue weighted by molar-refractivity contribution is 7.98. The summed E-state index contributed by atoms with van der Waals surface area (Å²) >= 11 is 1.41. The van der Waals surface area contributed by atoms with Crippen molar-refractivity contribution in [1.29, 1.82) is 0 Å². The molecule has 0 atom stereocenters. The van der Waals surface area contributed by atoms with Crippen molar-refractivity contribution in [2.45, 2.75) is 36.1 Å². The zero-order chi connectivity index (χ0) is 17.9. The minimum Gasteiger partial charge on any atom is -0.301 e. The van der Waals surface area contributed by atoms with Crippen molar-refractivity contribution in [3.63, 3.8) is 0 Å². The third-order valence-corrected chi connectivity index (χ3v) is 5.16. The number of hydrogen-bond acceptors (Lipinski definition) is 5. The summed E-state index contributed by atoms with van der Waals surface area (Å²) in [4.78, 5) is 28.2. The minimum atomic E-state index is -0.260. The van der Waals surface area contributed by atoms with Crippen LogP contribution in [0.5, 0.6) is 0 Å². The fourth-order valence-electron chi connectivity index (χ4n) is 2.56. The maximum atomic E-state index is 12.9. The van der Waals surface area contributed by atoms with Crippen LogP contribution < -0.4 is 5.56 Å². The number of halogens is 1. The van der Waals surface area contributed by atoms with Crippen molar-refractivity contribution in [3.8, 4) is 0 Å². The molecule has 0 bridgehead atoms. The maximum absolute atomic E-state index is 12.9. The molecule has 4 rings (SSSR count). The van der Waals surface area contributed by atoms with Crippen LogP contribution >= 0.6 is 11.8 Å². The molecular formula is C19H17FN4OS. The van der Waals surface area contributed by atoms with Crippen LogP contribution in [0.25, 0.3) is 0 Å². The highest BCUT2D eigenvalue weighted by Gasteiger charge is 2.26. The molecule has 1 aliphatic rings. The van der Waals surface area contributed by atoms with E-state index in [2.05, 4.69) is 19.9 Å². The second-order valence-electron chi connectivity index (χ2n) is 6.36. The first-order valence-electron chi connectivity index (χ1n) is 8.43. The number of nitrogens with one attached hydrogen (secondary N) is 1. The zero-order valence-corrected chi connectivity index (χ0v) is 14.8. The summed E-state index contributed by atoms with van der Waals surface area (Å²) in [5.74, 6) is 1.77. The van der Waals surface area contributed by atoms with Gasteiger partial charge in [-0.3, -0.25) is 4.79 Å². The van der Waals surface area contributed by atoms with Crippen LogP contribution in [0.4, 0.5) is 4.39 Å². The Labute approximate surface area is 154 Å². The van der Waals surface area contributed by atoms with Crippen LogP contribution in [-0.4, -0.2) is 19.9 Å². The molecule has 26 heavy (non-hydrogen) atoms. The van der Waals surface area contributed by atoms with Crippen LogP contribution in [-0.2, 0) is 12.2 Å². The van der Waals surface area contributed by atoms with Crippen molar-refractivity contribution in [2.24, 2.45) is 0 Å². The average molecular weight is 368 g/mol. The number of nitrogens with zero attached hydrogens (tertiary/aromatic N) is 3. The number of benzene rings is 1. The topological polar surface area (TPSA) is 71.5 Å². The molecule has 2 heterocycles. The molecule has 0 aliphatic heterocycles. The summed E-state index contributed by atoms with van der Waals surface area (Å²) in [5, 5.41) is 0.545. The van der Waals surface area contributed by atoms with Gasteiger partial charge in [0.2, 0.25) is 0 Å². The van der Waals surface area contributed by atoms with Gasteiger partial charge in [-0.05, 0) is 36.1 Å². The lowest BCUT2D eigenvalue weighted by atomic mass is 10.1. The number of hydrogen-bond donors (Lipinski definition) is 1. The van der Waals surface area contributed by atoms with Gasteiger partial charge in [0, 0.05) is 42.2 Å². The molecular weight excluding hydrogens is 351 g/mol. The molecule has 1 N–H and O–H groups in total. The molecule has 132 valence electrons. The van der Waals surface area contributed by atoms with E-state index in [9.17, 15) is 9.18 Å². The van der Waals surface area contributed by atoms with Gasteiger partial charge in [-0.2, -0.15) is 0 Å². The van der Waals surface area contributed by atoms with E-state index in [1.54, 1.807) is 30.7 Å². The summed E-state index contributed by atoms with van der Waals surface area (Å²) in [5.41, 5.74) is 2.29. The maximum Gasteiger partial charge on any atom is 0.255 e. The Bertz CT molecular complexity index is 953. The van der Waals surface area contributed by atoms with Gasteiger partial charge in [-0.1, -0.05) is 23.9 Å². The van der Waals surface area contributed by atoms with Gasteiger partial charge in [-0.25, -0.2) is 19.3 Å². The van der Waals surface area contributed by atoms with Crippen molar-refractivity contribution in [1.82, 2.24) is 19.9 Å². The van der Waals surface area contributed by atoms with Crippen molar-refractivity contribution in [3.05, 3.63) is 81.5 Å². The number of H-pyrrole nitrogens is 1. The largest absolute Gasteiger partial charge is 0.301 e. The predicted molar refractivity (Wildman–Crippen MR) is 97.6 cm³/mol. The molecule has 1 saturated carbocycles. The van der Waals surface area contributed by atoms with E-state index in [1.807, 2.05) is 0 Å². The molecule has 5 nitrogen and oxygen atoms in total. The standard InChI is InChI=1S/C19H17FN4OS/c20-16-5-1-12(2-6-16)11-26-19-23-10-15(18(25)24-19)7-13-8-21-17(22-9-13)14-3-4-14/h1-2,5-6,8-10,14H,3-4,7,11H2,(H,23,24,25). The SMILES string of the molecule is O=c1[nH]c(SCc2ccc(F)cc2)ncc1Cc1cnc(C2CC2)nc1. The van der Waals surface area contributed by atoms with Crippen molar-refractivity contribution >= 4 is 11.8 Å². The number of rotatable bonds is 6. The fourth-order valence-corrected chi connectivity index (χ4v) is 3.35. The molecule has 1 fully saturated rings. The van der Waals surface area contributed by atoms with Crippen LogP contribution in [0.15, 0.2) is 52.8 Å². The van der Waals surface area contributed by atoms with Gasteiger partial charge in [-0.15, -0.1) is 0 Å². The normalized spacial score (nSPS) is 13.7. The molecule has 0 spiro atoms. The molecule has 0 saturated heterocycles. The van der Waals surface area contributed by atoms with Gasteiger partial charge < -0.3 is 4.98 Å². The van der Waals surface area contributed by atoms with E-state index < -0.39 is 0 Å².